The van der Waals surface area contributed by atoms with Crippen LogP contribution in [-0.4, -0.2) is 71.2 Å². The monoisotopic (exact) mass is 486 g/mol. The van der Waals surface area contributed by atoms with Crippen LogP contribution in [0.5, 0.6) is 5.75 Å². The molecule has 2 aliphatic heterocycles. The predicted octanol–water partition coefficient (Wildman–Crippen LogP) is 4.15. The summed E-state index contributed by atoms with van der Waals surface area (Å²) in [4.78, 5) is 9.14. The van der Waals surface area contributed by atoms with Gasteiger partial charge < -0.3 is 19.7 Å². The molecule has 2 fully saturated rings. The van der Waals surface area contributed by atoms with Gasteiger partial charge in [-0.3, -0.25) is 4.90 Å². The molecule has 1 N–H and O–H groups in total. The van der Waals surface area contributed by atoms with Gasteiger partial charge in [0, 0.05) is 56.7 Å². The highest BCUT2D eigenvalue weighted by Gasteiger charge is 2.29. The molecule has 1 aromatic heterocycles. The summed E-state index contributed by atoms with van der Waals surface area (Å²) in [6.45, 7) is 11.4. The lowest BCUT2D eigenvalue weighted by Crippen LogP contribution is -2.56. The maximum absolute atomic E-state index is 13.6. The van der Waals surface area contributed by atoms with Crippen molar-refractivity contribution in [3.63, 3.8) is 0 Å². The lowest BCUT2D eigenvalue weighted by Gasteiger charge is -2.43. The Bertz CT molecular complexity index is 1180. The molecule has 0 radical (unpaired) electrons. The molecule has 0 spiro atoms. The van der Waals surface area contributed by atoms with Gasteiger partial charge in [0.25, 0.3) is 0 Å². The van der Waals surface area contributed by atoms with Crippen molar-refractivity contribution in [2.24, 2.45) is 0 Å². The minimum absolute atomic E-state index is 0. The first-order valence-electron chi connectivity index (χ1n) is 11.9. The lowest BCUT2D eigenvalue weighted by molar-refractivity contribution is -0.0660. The summed E-state index contributed by atoms with van der Waals surface area (Å²) in [7, 11) is 0. The second kappa shape index (κ2) is 9.79. The smallest absolute Gasteiger partial charge is 0.246 e. The third-order valence-electron chi connectivity index (χ3n) is 6.37. The van der Waals surface area contributed by atoms with Gasteiger partial charge in [0.2, 0.25) is 5.95 Å². The van der Waals surface area contributed by atoms with Crippen LogP contribution in [0.25, 0.3) is 5.69 Å². The number of ether oxygens (including phenoxy) is 2. The number of hydrogen-bond acceptors (Lipinski definition) is 7. The largest absolute Gasteiger partial charge is 0.491 e. The first kappa shape index (κ1) is 23.5. The van der Waals surface area contributed by atoms with Crippen molar-refractivity contribution in [1.29, 1.82) is 0 Å². The van der Waals surface area contributed by atoms with Crippen molar-refractivity contribution in [1.82, 2.24) is 19.7 Å². The molecule has 3 heterocycles. The molecule has 0 bridgehead atoms. The van der Waals surface area contributed by atoms with Crippen molar-refractivity contribution in [2.75, 3.05) is 49.6 Å². The van der Waals surface area contributed by atoms with E-state index in [9.17, 15) is 8.78 Å². The lowest BCUT2D eigenvalue weighted by atomic mass is 10.1. The van der Waals surface area contributed by atoms with E-state index in [4.69, 9.17) is 9.47 Å². The van der Waals surface area contributed by atoms with E-state index in [2.05, 4.69) is 37.3 Å². The normalized spacial score (nSPS) is 17.0. The summed E-state index contributed by atoms with van der Waals surface area (Å²) in [6, 6.07) is 7.94. The fourth-order valence-electron chi connectivity index (χ4n) is 4.38. The van der Waals surface area contributed by atoms with E-state index in [0.717, 1.165) is 68.1 Å². The first-order valence-corrected chi connectivity index (χ1v) is 11.9. The van der Waals surface area contributed by atoms with Crippen LogP contribution >= 0.6 is 0 Å². The van der Waals surface area contributed by atoms with Crippen molar-refractivity contribution in [2.45, 2.75) is 32.9 Å². The van der Waals surface area contributed by atoms with E-state index < -0.39 is 11.6 Å². The number of hydrogen-bond donors (Lipinski definition) is 1. The fourth-order valence-corrected chi connectivity index (χ4v) is 4.38. The quantitative estimate of drug-likeness (QED) is 0.538. The maximum atomic E-state index is 13.6. The van der Waals surface area contributed by atoms with Gasteiger partial charge in [0.05, 0.1) is 31.0 Å². The van der Waals surface area contributed by atoms with Crippen molar-refractivity contribution < 1.29 is 19.7 Å². The van der Waals surface area contributed by atoms with Crippen molar-refractivity contribution in [3.8, 4) is 11.4 Å². The summed E-state index contributed by atoms with van der Waals surface area (Å²) < 4.78 is 40.1. The second-order valence-electron chi connectivity index (χ2n) is 9.26. The third-order valence-corrected chi connectivity index (χ3v) is 6.37. The van der Waals surface area contributed by atoms with Gasteiger partial charge in [0.15, 0.2) is 0 Å². The average Bonchev–Trinajstić information content (AvgIpc) is 3.23. The van der Waals surface area contributed by atoms with Crippen LogP contribution in [0.3, 0.4) is 0 Å². The molecule has 0 amide bonds. The molecule has 0 atom stereocenters. The van der Waals surface area contributed by atoms with Gasteiger partial charge in [-0.05, 0) is 39.0 Å². The molecule has 2 aromatic carbocycles. The standard InChI is InChI=1S/C25H30F2N6O2.H2/c1-16(2)35-24-12-20(31-4-6-32(7-5-31)22-13-34-14-22)11-23(17(24)3)29-25-28-15-33(30-25)21-9-18(26)8-19(27)10-21;/h8-12,15-16,22H,4-7,13-14H2,1-3H3,(H,29,30);1H. The van der Waals surface area contributed by atoms with Gasteiger partial charge in [-0.2, -0.15) is 4.98 Å². The first-order chi connectivity index (χ1) is 16.9. The maximum Gasteiger partial charge on any atom is 0.246 e. The summed E-state index contributed by atoms with van der Waals surface area (Å²) in [5.41, 5.74) is 3.06. The topological polar surface area (TPSA) is 67.7 Å². The molecule has 8 nitrogen and oxygen atoms in total. The number of nitrogens with one attached hydrogen (secondary N) is 1. The van der Waals surface area contributed by atoms with Gasteiger partial charge in [-0.15, -0.1) is 5.10 Å². The highest BCUT2D eigenvalue weighted by molar-refractivity contribution is 5.70. The summed E-state index contributed by atoms with van der Waals surface area (Å²) in [6.07, 6.45) is 1.44. The molecule has 5 rings (SSSR count). The minimum atomic E-state index is -0.672. The zero-order valence-electron chi connectivity index (χ0n) is 20.2. The van der Waals surface area contributed by atoms with Crippen LogP contribution in [0.2, 0.25) is 0 Å². The number of piperazine rings is 1. The Balaban J connectivity index is 0.00000304. The SMILES string of the molecule is Cc1c(Nc2ncn(-c3cc(F)cc(F)c3)n2)cc(N2CCN(C3COC3)CC2)cc1OC(C)C.[HH]. The van der Waals surface area contributed by atoms with E-state index in [1.165, 1.54) is 23.1 Å². The number of halogens is 2. The highest BCUT2D eigenvalue weighted by Crippen LogP contribution is 2.35. The van der Waals surface area contributed by atoms with Crippen molar-refractivity contribution >= 4 is 17.3 Å². The molecular weight excluding hydrogens is 454 g/mol. The highest BCUT2D eigenvalue weighted by atomic mass is 19.1. The molecule has 35 heavy (non-hydrogen) atoms. The van der Waals surface area contributed by atoms with Crippen LogP contribution < -0.4 is 15.0 Å². The average molecular weight is 487 g/mol. The molecule has 2 aliphatic rings. The molecule has 188 valence electrons. The number of anilines is 3. The van der Waals surface area contributed by atoms with Crippen molar-refractivity contribution in [3.05, 3.63) is 53.9 Å². The van der Waals surface area contributed by atoms with E-state index in [1.807, 2.05) is 20.8 Å². The zero-order valence-corrected chi connectivity index (χ0v) is 20.2. The number of aromatic nitrogens is 3. The number of benzene rings is 2. The molecule has 3 aromatic rings. The fraction of sp³-hybridized carbons (Fsp3) is 0.440. The number of nitrogens with zero attached hydrogens (tertiary/aromatic N) is 5. The molecule has 2 saturated heterocycles. The van der Waals surface area contributed by atoms with Crippen LogP contribution in [0.1, 0.15) is 20.8 Å². The van der Waals surface area contributed by atoms with Gasteiger partial charge >= 0.3 is 0 Å². The molecule has 0 aliphatic carbocycles. The van der Waals surface area contributed by atoms with E-state index in [0.29, 0.717) is 12.0 Å². The van der Waals surface area contributed by atoms with Gasteiger partial charge in [-0.25, -0.2) is 13.5 Å². The predicted molar refractivity (Wildman–Crippen MR) is 132 cm³/mol. The van der Waals surface area contributed by atoms with E-state index >= 15 is 0 Å². The molecule has 0 saturated carbocycles. The van der Waals surface area contributed by atoms with Crippen LogP contribution in [-0.2, 0) is 4.74 Å². The second-order valence-corrected chi connectivity index (χ2v) is 9.26. The van der Waals surface area contributed by atoms with Crippen LogP contribution in [0.4, 0.5) is 26.1 Å². The molecular formula is C25H32F2N6O2. The summed E-state index contributed by atoms with van der Waals surface area (Å²) >= 11 is 0. The Kier molecular flexibility index (Phi) is 6.57. The van der Waals surface area contributed by atoms with Crippen LogP contribution in [0, 0.1) is 18.6 Å². The minimum Gasteiger partial charge on any atom is -0.491 e. The summed E-state index contributed by atoms with van der Waals surface area (Å²) in [5, 5.41) is 7.63. The van der Waals surface area contributed by atoms with Gasteiger partial charge in [0.1, 0.15) is 23.7 Å². The Morgan fingerprint density at radius 1 is 1.03 bits per heavy atom. The Morgan fingerprint density at radius 3 is 2.37 bits per heavy atom. The van der Waals surface area contributed by atoms with Crippen LogP contribution in [0.15, 0.2) is 36.7 Å². The zero-order chi connectivity index (χ0) is 24.5. The Labute approximate surface area is 204 Å². The van der Waals surface area contributed by atoms with E-state index in [1.54, 1.807) is 0 Å². The molecule has 0 unspecified atom stereocenters. The Morgan fingerprint density at radius 2 is 1.74 bits per heavy atom. The third kappa shape index (κ3) is 5.23. The number of rotatable bonds is 7. The molecule has 10 heteroatoms. The van der Waals surface area contributed by atoms with E-state index in [-0.39, 0.29) is 13.2 Å². The summed E-state index contributed by atoms with van der Waals surface area (Å²) in [5.74, 6) is -0.232. The Hall–Kier alpha value is -3.24. The van der Waals surface area contributed by atoms with Gasteiger partial charge in [-0.1, -0.05) is 0 Å².